The molecule has 3 unspecified atom stereocenters. The third-order valence-corrected chi connectivity index (χ3v) is 6.93. The number of rotatable bonds is 7. The van der Waals surface area contributed by atoms with Gasteiger partial charge in [0.25, 0.3) is 11.8 Å². The fraction of sp³-hybridized carbons (Fsp3) is 0.276. The van der Waals surface area contributed by atoms with Gasteiger partial charge >= 0.3 is 0 Å². The maximum absolute atomic E-state index is 13.9. The van der Waals surface area contributed by atoms with E-state index in [2.05, 4.69) is 5.43 Å². The first kappa shape index (κ1) is 25.3. The molecule has 2 aliphatic heterocycles. The number of methoxy groups -OCH3 is 2. The number of ether oxygens (including phenoxy) is 3. The molecule has 3 aromatic rings. The highest BCUT2D eigenvalue weighted by Crippen LogP contribution is 2.45. The fourth-order valence-corrected chi connectivity index (χ4v) is 5.06. The standard InChI is InChI=1S/C29H29N3O6/c1-5-38-20-12-10-19(11-13-20)31-28(34)24-25(22-16-21(36-3)14-15-23(22)37-4)30-32(26(24)29(31)35)27(33)18-8-6-17(2)7-9-18/h6-16,24-26,30H,5H2,1-4H3. The number of imide groups is 1. The summed E-state index contributed by atoms with van der Waals surface area (Å²) < 4.78 is 16.5. The molecule has 2 saturated heterocycles. The molecule has 2 fully saturated rings. The van der Waals surface area contributed by atoms with E-state index in [9.17, 15) is 14.4 Å². The van der Waals surface area contributed by atoms with Crippen LogP contribution in [-0.2, 0) is 9.59 Å². The van der Waals surface area contributed by atoms with Gasteiger partial charge in [0.05, 0.1) is 38.5 Å². The Labute approximate surface area is 220 Å². The van der Waals surface area contributed by atoms with Gasteiger partial charge in [0, 0.05) is 11.1 Å². The monoisotopic (exact) mass is 515 g/mol. The number of anilines is 1. The number of hydrazine groups is 1. The Morgan fingerprint density at radius 3 is 2.21 bits per heavy atom. The average molecular weight is 516 g/mol. The molecule has 0 saturated carbocycles. The van der Waals surface area contributed by atoms with Crippen molar-refractivity contribution < 1.29 is 28.6 Å². The molecule has 0 spiro atoms. The topological polar surface area (TPSA) is 97.4 Å². The zero-order valence-electron chi connectivity index (χ0n) is 21.6. The van der Waals surface area contributed by atoms with Crippen molar-refractivity contribution in [3.05, 3.63) is 83.4 Å². The van der Waals surface area contributed by atoms with Gasteiger partial charge in [0.1, 0.15) is 23.3 Å². The quantitative estimate of drug-likeness (QED) is 0.480. The maximum atomic E-state index is 13.9. The molecule has 0 aromatic heterocycles. The van der Waals surface area contributed by atoms with Crippen molar-refractivity contribution in [1.29, 1.82) is 0 Å². The van der Waals surface area contributed by atoms with Gasteiger partial charge in [-0.15, -0.1) is 0 Å². The summed E-state index contributed by atoms with van der Waals surface area (Å²) in [7, 11) is 3.07. The molecule has 196 valence electrons. The SMILES string of the molecule is CCOc1ccc(N2C(=O)C3C(c4cc(OC)ccc4OC)NN(C(=O)c4ccc(C)cc4)C3C2=O)cc1. The van der Waals surface area contributed by atoms with Crippen LogP contribution in [0.1, 0.15) is 34.5 Å². The summed E-state index contributed by atoms with van der Waals surface area (Å²) in [6.45, 7) is 4.30. The normalized spacial score (nSPS) is 20.5. The van der Waals surface area contributed by atoms with E-state index < -0.39 is 35.7 Å². The first-order valence-electron chi connectivity index (χ1n) is 12.4. The summed E-state index contributed by atoms with van der Waals surface area (Å²) >= 11 is 0. The van der Waals surface area contributed by atoms with Crippen molar-refractivity contribution in [3.63, 3.8) is 0 Å². The predicted molar refractivity (Wildman–Crippen MR) is 140 cm³/mol. The Balaban J connectivity index is 1.59. The summed E-state index contributed by atoms with van der Waals surface area (Å²) in [6.07, 6.45) is 0. The summed E-state index contributed by atoms with van der Waals surface area (Å²) in [4.78, 5) is 42.6. The van der Waals surface area contributed by atoms with Gasteiger partial charge < -0.3 is 14.2 Å². The van der Waals surface area contributed by atoms with Crippen molar-refractivity contribution in [2.24, 2.45) is 5.92 Å². The summed E-state index contributed by atoms with van der Waals surface area (Å²) in [5.74, 6) is -0.489. The molecular formula is C29H29N3O6. The summed E-state index contributed by atoms with van der Waals surface area (Å²) in [6, 6.07) is 17.3. The molecule has 1 N–H and O–H groups in total. The lowest BCUT2D eigenvalue weighted by Gasteiger charge is -2.26. The van der Waals surface area contributed by atoms with Crippen molar-refractivity contribution in [3.8, 4) is 17.2 Å². The van der Waals surface area contributed by atoms with E-state index >= 15 is 0 Å². The molecule has 0 radical (unpaired) electrons. The van der Waals surface area contributed by atoms with Gasteiger partial charge in [0.2, 0.25) is 5.91 Å². The number of benzene rings is 3. The van der Waals surface area contributed by atoms with E-state index in [1.807, 2.05) is 26.0 Å². The second kappa shape index (κ2) is 10.2. The zero-order chi connectivity index (χ0) is 27.0. The molecule has 9 heteroatoms. The maximum Gasteiger partial charge on any atom is 0.268 e. The average Bonchev–Trinajstić information content (AvgIpc) is 3.45. The van der Waals surface area contributed by atoms with E-state index in [1.54, 1.807) is 61.7 Å². The fourth-order valence-electron chi connectivity index (χ4n) is 5.06. The van der Waals surface area contributed by atoms with Crippen molar-refractivity contribution >= 4 is 23.4 Å². The first-order chi connectivity index (χ1) is 18.4. The number of carbonyl (C=O) groups excluding carboxylic acids is 3. The minimum absolute atomic E-state index is 0.403. The van der Waals surface area contributed by atoms with E-state index in [4.69, 9.17) is 14.2 Å². The summed E-state index contributed by atoms with van der Waals surface area (Å²) in [5.41, 5.74) is 5.59. The van der Waals surface area contributed by atoms with Gasteiger partial charge in [-0.25, -0.2) is 10.3 Å². The third-order valence-electron chi connectivity index (χ3n) is 6.93. The highest BCUT2D eigenvalue weighted by Gasteiger charge is 2.60. The highest BCUT2D eigenvalue weighted by atomic mass is 16.5. The Morgan fingerprint density at radius 1 is 0.895 bits per heavy atom. The number of aryl methyl sites for hydroxylation is 1. The van der Waals surface area contributed by atoms with Gasteiger partial charge in [-0.05, 0) is 68.4 Å². The molecule has 2 aliphatic rings. The number of amides is 3. The van der Waals surface area contributed by atoms with Crippen LogP contribution in [0, 0.1) is 12.8 Å². The largest absolute Gasteiger partial charge is 0.497 e. The number of nitrogens with zero attached hydrogens (tertiary/aromatic N) is 2. The first-order valence-corrected chi connectivity index (χ1v) is 12.4. The van der Waals surface area contributed by atoms with Gasteiger partial charge in [-0.3, -0.25) is 19.4 Å². The van der Waals surface area contributed by atoms with E-state index in [-0.39, 0.29) is 0 Å². The van der Waals surface area contributed by atoms with Gasteiger partial charge in [-0.2, -0.15) is 0 Å². The lowest BCUT2D eigenvalue weighted by atomic mass is 9.90. The molecule has 3 atom stereocenters. The van der Waals surface area contributed by atoms with Crippen molar-refractivity contribution in [1.82, 2.24) is 10.4 Å². The Hall–Kier alpha value is -4.37. The number of fused-ring (bicyclic) bond motifs is 1. The van der Waals surface area contributed by atoms with Crippen LogP contribution in [-0.4, -0.2) is 49.6 Å². The second-order valence-electron chi connectivity index (χ2n) is 9.17. The predicted octanol–water partition coefficient (Wildman–Crippen LogP) is 3.67. The minimum atomic E-state index is -1.05. The molecule has 9 nitrogen and oxygen atoms in total. The van der Waals surface area contributed by atoms with Crippen LogP contribution >= 0.6 is 0 Å². The summed E-state index contributed by atoms with van der Waals surface area (Å²) in [5, 5.41) is 1.29. The minimum Gasteiger partial charge on any atom is -0.497 e. The van der Waals surface area contributed by atoms with Crippen molar-refractivity contribution in [2.45, 2.75) is 25.9 Å². The lowest BCUT2D eigenvalue weighted by molar-refractivity contribution is -0.123. The van der Waals surface area contributed by atoms with Crippen LogP contribution < -0.4 is 24.5 Å². The Morgan fingerprint density at radius 2 is 1.58 bits per heavy atom. The number of hydrogen-bond acceptors (Lipinski definition) is 7. The number of hydrogen-bond donors (Lipinski definition) is 1. The van der Waals surface area contributed by atoms with Crippen LogP contribution in [0.5, 0.6) is 17.2 Å². The third kappa shape index (κ3) is 4.24. The van der Waals surface area contributed by atoms with Crippen LogP contribution in [0.15, 0.2) is 66.7 Å². The molecule has 3 amide bonds. The smallest absolute Gasteiger partial charge is 0.268 e. The van der Waals surface area contributed by atoms with E-state index in [0.29, 0.717) is 40.7 Å². The molecule has 38 heavy (non-hydrogen) atoms. The molecular weight excluding hydrogens is 486 g/mol. The van der Waals surface area contributed by atoms with Crippen LogP contribution in [0.2, 0.25) is 0 Å². The lowest BCUT2D eigenvalue weighted by Crippen LogP contribution is -2.48. The van der Waals surface area contributed by atoms with Crippen LogP contribution in [0.25, 0.3) is 0 Å². The molecule has 0 bridgehead atoms. The zero-order valence-corrected chi connectivity index (χ0v) is 21.6. The molecule has 5 rings (SSSR count). The van der Waals surface area contributed by atoms with Crippen LogP contribution in [0.3, 0.4) is 0 Å². The Kier molecular flexibility index (Phi) is 6.77. The van der Waals surface area contributed by atoms with Crippen LogP contribution in [0.4, 0.5) is 5.69 Å². The second-order valence-corrected chi connectivity index (χ2v) is 9.17. The molecule has 2 heterocycles. The van der Waals surface area contributed by atoms with Gasteiger partial charge in [-0.1, -0.05) is 17.7 Å². The Bertz CT molecular complexity index is 1370. The molecule has 3 aromatic carbocycles. The van der Waals surface area contributed by atoms with Gasteiger partial charge in [0.15, 0.2) is 0 Å². The van der Waals surface area contributed by atoms with Crippen molar-refractivity contribution in [2.75, 3.05) is 25.7 Å². The van der Waals surface area contributed by atoms with E-state index in [0.717, 1.165) is 10.5 Å². The highest BCUT2D eigenvalue weighted by molar-refractivity contribution is 6.25. The number of nitrogens with one attached hydrogen (secondary N) is 1. The number of carbonyl (C=O) groups is 3. The molecule has 0 aliphatic carbocycles. The van der Waals surface area contributed by atoms with E-state index in [1.165, 1.54) is 12.1 Å².